The van der Waals surface area contributed by atoms with E-state index in [4.69, 9.17) is 0 Å². The van der Waals surface area contributed by atoms with Crippen LogP contribution in [-0.4, -0.2) is 32.2 Å². The van der Waals surface area contributed by atoms with Crippen LogP contribution in [0.2, 0.25) is 0 Å². The fourth-order valence-corrected chi connectivity index (χ4v) is 2.22. The molecular formula is C11H14N4O3S. The molecule has 1 heterocycles. The summed E-state index contributed by atoms with van der Waals surface area (Å²) in [6.45, 7) is 0.637. The summed E-state index contributed by atoms with van der Waals surface area (Å²) in [6, 6.07) is 6.51. The SMILES string of the molecule is CNS(=O)(=O)c1ccc(NCCc2ncon2)cc1. The normalized spacial score (nSPS) is 11.4. The number of anilines is 1. The number of rotatable bonds is 6. The molecule has 0 saturated heterocycles. The molecule has 8 heteroatoms. The first kappa shape index (κ1) is 13.5. The van der Waals surface area contributed by atoms with Crippen molar-refractivity contribution in [1.82, 2.24) is 14.9 Å². The zero-order valence-electron chi connectivity index (χ0n) is 10.3. The fourth-order valence-electron chi connectivity index (χ4n) is 1.49. The van der Waals surface area contributed by atoms with Gasteiger partial charge in [-0.1, -0.05) is 5.16 Å². The van der Waals surface area contributed by atoms with E-state index in [1.54, 1.807) is 24.3 Å². The quantitative estimate of drug-likeness (QED) is 0.806. The van der Waals surface area contributed by atoms with Crippen LogP contribution in [0.25, 0.3) is 0 Å². The van der Waals surface area contributed by atoms with Crippen molar-refractivity contribution in [3.8, 4) is 0 Å². The molecule has 1 aromatic carbocycles. The predicted octanol–water partition coefficient (Wildman–Crippen LogP) is 0.632. The molecule has 102 valence electrons. The third-order valence-corrected chi connectivity index (χ3v) is 3.95. The van der Waals surface area contributed by atoms with E-state index in [1.807, 2.05) is 0 Å². The molecule has 0 spiro atoms. The maximum Gasteiger partial charge on any atom is 0.240 e. The highest BCUT2D eigenvalue weighted by Crippen LogP contribution is 2.13. The first-order valence-electron chi connectivity index (χ1n) is 5.64. The van der Waals surface area contributed by atoms with Gasteiger partial charge in [0.25, 0.3) is 0 Å². The van der Waals surface area contributed by atoms with Gasteiger partial charge in [0.15, 0.2) is 5.82 Å². The first-order chi connectivity index (χ1) is 9.12. The van der Waals surface area contributed by atoms with Crippen molar-refractivity contribution in [1.29, 1.82) is 0 Å². The molecule has 0 aliphatic heterocycles. The lowest BCUT2D eigenvalue weighted by molar-refractivity contribution is 0.410. The van der Waals surface area contributed by atoms with Gasteiger partial charge in [0.2, 0.25) is 16.4 Å². The summed E-state index contributed by atoms with van der Waals surface area (Å²) in [7, 11) is -2.00. The van der Waals surface area contributed by atoms with Crippen LogP contribution in [0.3, 0.4) is 0 Å². The Hall–Kier alpha value is -1.93. The minimum atomic E-state index is -3.38. The summed E-state index contributed by atoms with van der Waals surface area (Å²) >= 11 is 0. The van der Waals surface area contributed by atoms with Crippen LogP contribution in [0.5, 0.6) is 0 Å². The molecule has 0 aliphatic rings. The molecule has 0 bridgehead atoms. The molecule has 2 N–H and O–H groups in total. The molecule has 0 fully saturated rings. The Morgan fingerprint density at radius 2 is 2.00 bits per heavy atom. The van der Waals surface area contributed by atoms with Crippen LogP contribution >= 0.6 is 0 Å². The van der Waals surface area contributed by atoms with Gasteiger partial charge in [0, 0.05) is 18.7 Å². The van der Waals surface area contributed by atoms with Gasteiger partial charge in [-0.15, -0.1) is 0 Å². The Labute approximate surface area is 111 Å². The highest BCUT2D eigenvalue weighted by Gasteiger charge is 2.10. The second kappa shape index (κ2) is 5.81. The number of nitrogens with zero attached hydrogens (tertiary/aromatic N) is 2. The number of aromatic nitrogens is 2. The lowest BCUT2D eigenvalue weighted by atomic mass is 10.3. The van der Waals surface area contributed by atoms with Crippen LogP contribution in [0.1, 0.15) is 5.82 Å². The molecule has 0 amide bonds. The van der Waals surface area contributed by atoms with Gasteiger partial charge in [-0.05, 0) is 31.3 Å². The minimum absolute atomic E-state index is 0.235. The van der Waals surface area contributed by atoms with E-state index in [2.05, 4.69) is 24.7 Å². The summed E-state index contributed by atoms with van der Waals surface area (Å²) in [5.74, 6) is 0.627. The van der Waals surface area contributed by atoms with Crippen LogP contribution in [0.4, 0.5) is 5.69 Å². The van der Waals surface area contributed by atoms with Crippen LogP contribution in [0, 0.1) is 0 Å². The molecule has 7 nitrogen and oxygen atoms in total. The summed E-state index contributed by atoms with van der Waals surface area (Å²) in [4.78, 5) is 4.13. The highest BCUT2D eigenvalue weighted by atomic mass is 32.2. The van der Waals surface area contributed by atoms with Crippen molar-refractivity contribution < 1.29 is 12.9 Å². The minimum Gasteiger partial charge on any atom is -0.385 e. The first-order valence-corrected chi connectivity index (χ1v) is 7.13. The smallest absolute Gasteiger partial charge is 0.240 e. The zero-order valence-corrected chi connectivity index (χ0v) is 11.1. The van der Waals surface area contributed by atoms with E-state index in [1.165, 1.54) is 13.4 Å². The maximum atomic E-state index is 11.5. The van der Waals surface area contributed by atoms with E-state index in [9.17, 15) is 8.42 Å². The summed E-state index contributed by atoms with van der Waals surface area (Å²) in [5.41, 5.74) is 0.832. The molecular weight excluding hydrogens is 268 g/mol. The molecule has 0 radical (unpaired) electrons. The number of sulfonamides is 1. The third kappa shape index (κ3) is 3.52. The van der Waals surface area contributed by atoms with Crippen molar-refractivity contribution in [2.45, 2.75) is 11.3 Å². The lowest BCUT2D eigenvalue weighted by Crippen LogP contribution is -2.18. The van der Waals surface area contributed by atoms with Gasteiger partial charge in [0.1, 0.15) is 0 Å². The maximum absolute atomic E-state index is 11.5. The molecule has 0 atom stereocenters. The van der Waals surface area contributed by atoms with E-state index in [0.717, 1.165) is 5.69 Å². The Kier molecular flexibility index (Phi) is 4.13. The number of benzene rings is 1. The Balaban J connectivity index is 1.92. The second-order valence-corrected chi connectivity index (χ2v) is 5.64. The van der Waals surface area contributed by atoms with Crippen molar-refractivity contribution in [3.05, 3.63) is 36.5 Å². The van der Waals surface area contributed by atoms with Gasteiger partial charge in [-0.2, -0.15) is 4.98 Å². The van der Waals surface area contributed by atoms with Gasteiger partial charge < -0.3 is 9.84 Å². The number of hydrogen-bond donors (Lipinski definition) is 2. The topological polar surface area (TPSA) is 97.1 Å². The fraction of sp³-hybridized carbons (Fsp3) is 0.273. The Bertz CT molecular complexity index is 608. The van der Waals surface area contributed by atoms with E-state index in [-0.39, 0.29) is 4.90 Å². The molecule has 19 heavy (non-hydrogen) atoms. The summed E-state index contributed by atoms with van der Waals surface area (Å²) < 4.78 is 29.9. The van der Waals surface area contributed by atoms with Crippen molar-refractivity contribution in [2.24, 2.45) is 0 Å². The molecule has 1 aromatic heterocycles. The molecule has 0 aliphatic carbocycles. The molecule has 0 unspecified atom stereocenters. The Morgan fingerprint density at radius 3 is 2.58 bits per heavy atom. The van der Waals surface area contributed by atoms with Gasteiger partial charge in [-0.25, -0.2) is 13.1 Å². The lowest BCUT2D eigenvalue weighted by Gasteiger charge is -2.06. The zero-order chi connectivity index (χ0) is 13.7. The standard InChI is InChI=1S/C11H14N4O3S/c1-12-19(16,17)10-4-2-9(3-5-10)13-7-6-11-14-8-18-15-11/h2-5,8,12-13H,6-7H2,1H3. The van der Waals surface area contributed by atoms with E-state index >= 15 is 0 Å². The average Bonchev–Trinajstić information content (AvgIpc) is 2.92. The number of hydrogen-bond acceptors (Lipinski definition) is 6. The Morgan fingerprint density at radius 1 is 1.26 bits per heavy atom. The van der Waals surface area contributed by atoms with Gasteiger partial charge >= 0.3 is 0 Å². The van der Waals surface area contributed by atoms with Gasteiger partial charge in [0.05, 0.1) is 4.90 Å². The van der Waals surface area contributed by atoms with E-state index in [0.29, 0.717) is 18.8 Å². The predicted molar refractivity (Wildman–Crippen MR) is 69.2 cm³/mol. The van der Waals surface area contributed by atoms with Gasteiger partial charge in [-0.3, -0.25) is 0 Å². The summed E-state index contributed by atoms with van der Waals surface area (Å²) in [5, 5.41) is 6.83. The molecule has 2 rings (SSSR count). The van der Waals surface area contributed by atoms with Crippen LogP contribution in [0.15, 0.2) is 40.1 Å². The third-order valence-electron chi connectivity index (χ3n) is 2.52. The average molecular weight is 282 g/mol. The van der Waals surface area contributed by atoms with Crippen LogP contribution in [-0.2, 0) is 16.4 Å². The highest BCUT2D eigenvalue weighted by molar-refractivity contribution is 7.89. The van der Waals surface area contributed by atoms with Crippen molar-refractivity contribution >= 4 is 15.7 Å². The number of nitrogens with one attached hydrogen (secondary N) is 2. The van der Waals surface area contributed by atoms with Crippen LogP contribution < -0.4 is 10.0 Å². The molecule has 2 aromatic rings. The largest absolute Gasteiger partial charge is 0.385 e. The van der Waals surface area contributed by atoms with Crippen molar-refractivity contribution in [2.75, 3.05) is 18.9 Å². The van der Waals surface area contributed by atoms with E-state index < -0.39 is 10.0 Å². The molecule has 0 saturated carbocycles. The summed E-state index contributed by atoms with van der Waals surface area (Å²) in [6.07, 6.45) is 1.92. The monoisotopic (exact) mass is 282 g/mol. The van der Waals surface area contributed by atoms with Crippen molar-refractivity contribution in [3.63, 3.8) is 0 Å². The second-order valence-electron chi connectivity index (χ2n) is 3.76.